The Hall–Kier alpha value is -1.42. The van der Waals surface area contributed by atoms with E-state index in [4.69, 9.17) is 0 Å². The number of para-hydroxylation sites is 1. The van der Waals surface area contributed by atoms with Crippen molar-refractivity contribution in [2.75, 3.05) is 6.54 Å². The predicted molar refractivity (Wildman–Crippen MR) is 80.8 cm³/mol. The predicted octanol–water partition coefficient (Wildman–Crippen LogP) is 3.70. The number of nitrogens with one attached hydrogen (secondary N) is 1. The molecule has 1 aliphatic rings. The first-order valence-corrected chi connectivity index (χ1v) is 7.68. The molecule has 0 heterocycles. The molecule has 2 rings (SSSR count). The highest BCUT2D eigenvalue weighted by Gasteiger charge is 2.25. The van der Waals surface area contributed by atoms with Crippen LogP contribution in [0.4, 0.5) is 5.69 Å². The molecule has 0 bridgehead atoms. The second kappa shape index (κ2) is 7.39. The standard InChI is InChI=1S/C16H24N2O2/c1-2-17-15-10-5-3-4-8-13(15)12-14-9-6-7-11-16(14)18(19)20/h6-7,9,11,13,15,17H,2-5,8,10,12H2,1H3. The number of benzene rings is 1. The Balaban J connectivity index is 2.15. The van der Waals surface area contributed by atoms with E-state index in [1.807, 2.05) is 12.1 Å². The lowest BCUT2D eigenvalue weighted by molar-refractivity contribution is -0.385. The second-order valence-electron chi connectivity index (χ2n) is 5.65. The second-order valence-corrected chi connectivity index (χ2v) is 5.65. The van der Waals surface area contributed by atoms with E-state index in [9.17, 15) is 10.1 Å². The molecule has 0 spiro atoms. The highest BCUT2D eigenvalue weighted by atomic mass is 16.6. The van der Waals surface area contributed by atoms with Gasteiger partial charge in [0.15, 0.2) is 0 Å². The first-order valence-electron chi connectivity index (χ1n) is 7.68. The summed E-state index contributed by atoms with van der Waals surface area (Å²) in [6.07, 6.45) is 6.98. The summed E-state index contributed by atoms with van der Waals surface area (Å²) in [6.45, 7) is 3.10. The molecule has 2 atom stereocenters. The SMILES string of the molecule is CCNC1CCCCCC1Cc1ccccc1[N+](=O)[O-]. The summed E-state index contributed by atoms with van der Waals surface area (Å²) in [5.41, 5.74) is 1.15. The van der Waals surface area contributed by atoms with Gasteiger partial charge in [0, 0.05) is 17.7 Å². The third-order valence-electron chi connectivity index (χ3n) is 4.30. The van der Waals surface area contributed by atoms with E-state index in [1.165, 1.54) is 32.1 Å². The van der Waals surface area contributed by atoms with E-state index in [1.54, 1.807) is 12.1 Å². The van der Waals surface area contributed by atoms with Crippen molar-refractivity contribution in [3.05, 3.63) is 39.9 Å². The van der Waals surface area contributed by atoms with E-state index in [0.717, 1.165) is 18.5 Å². The molecule has 1 aliphatic carbocycles. The number of nitro benzene ring substituents is 1. The average molecular weight is 276 g/mol. The minimum Gasteiger partial charge on any atom is -0.314 e. The summed E-state index contributed by atoms with van der Waals surface area (Å²) < 4.78 is 0. The Morgan fingerprint density at radius 1 is 1.25 bits per heavy atom. The van der Waals surface area contributed by atoms with Gasteiger partial charge < -0.3 is 5.32 Å². The van der Waals surface area contributed by atoms with Crippen molar-refractivity contribution in [3.63, 3.8) is 0 Å². The maximum atomic E-state index is 11.1. The van der Waals surface area contributed by atoms with E-state index in [2.05, 4.69) is 12.2 Å². The minimum atomic E-state index is -0.256. The maximum Gasteiger partial charge on any atom is 0.272 e. The van der Waals surface area contributed by atoms with E-state index in [0.29, 0.717) is 12.0 Å². The first-order chi connectivity index (χ1) is 9.72. The van der Waals surface area contributed by atoms with Crippen LogP contribution in [0, 0.1) is 16.0 Å². The molecule has 1 aromatic rings. The Kier molecular flexibility index (Phi) is 5.53. The molecule has 0 aromatic heterocycles. The first kappa shape index (κ1) is 15.0. The van der Waals surface area contributed by atoms with Crippen LogP contribution in [0.3, 0.4) is 0 Å². The molecule has 0 radical (unpaired) electrons. The zero-order valence-electron chi connectivity index (χ0n) is 12.2. The third-order valence-corrected chi connectivity index (χ3v) is 4.30. The van der Waals surface area contributed by atoms with E-state index >= 15 is 0 Å². The molecular weight excluding hydrogens is 252 g/mol. The number of nitrogens with zero attached hydrogens (tertiary/aromatic N) is 1. The molecule has 1 N–H and O–H groups in total. The molecule has 2 unspecified atom stereocenters. The van der Waals surface area contributed by atoms with Gasteiger partial charge in [0.1, 0.15) is 0 Å². The molecule has 20 heavy (non-hydrogen) atoms. The molecule has 0 saturated heterocycles. The largest absolute Gasteiger partial charge is 0.314 e. The molecular formula is C16H24N2O2. The number of hydrogen-bond acceptors (Lipinski definition) is 3. The van der Waals surface area contributed by atoms with Gasteiger partial charge in [-0.05, 0) is 31.7 Å². The van der Waals surface area contributed by atoms with Gasteiger partial charge in [0.25, 0.3) is 5.69 Å². The fourth-order valence-electron chi connectivity index (χ4n) is 3.30. The van der Waals surface area contributed by atoms with Crippen LogP contribution in [-0.2, 0) is 6.42 Å². The topological polar surface area (TPSA) is 55.2 Å². The van der Waals surface area contributed by atoms with Crippen LogP contribution >= 0.6 is 0 Å². The number of hydrogen-bond donors (Lipinski definition) is 1. The Morgan fingerprint density at radius 2 is 2.00 bits per heavy atom. The van der Waals surface area contributed by atoms with Gasteiger partial charge in [-0.3, -0.25) is 10.1 Å². The zero-order valence-corrected chi connectivity index (χ0v) is 12.2. The summed E-state index contributed by atoms with van der Waals surface area (Å²) in [4.78, 5) is 10.9. The van der Waals surface area contributed by atoms with Crippen LogP contribution in [0.15, 0.2) is 24.3 Å². The lowest BCUT2D eigenvalue weighted by Gasteiger charge is -2.26. The Bertz CT molecular complexity index is 448. The quantitative estimate of drug-likeness (QED) is 0.507. The summed E-state index contributed by atoms with van der Waals surface area (Å²) in [5.74, 6) is 0.513. The number of rotatable bonds is 5. The van der Waals surface area contributed by atoms with Gasteiger partial charge in [-0.2, -0.15) is 0 Å². The van der Waals surface area contributed by atoms with Gasteiger partial charge in [-0.1, -0.05) is 44.4 Å². The highest BCUT2D eigenvalue weighted by molar-refractivity contribution is 5.40. The average Bonchev–Trinajstić information content (AvgIpc) is 2.66. The monoisotopic (exact) mass is 276 g/mol. The fourth-order valence-corrected chi connectivity index (χ4v) is 3.30. The minimum absolute atomic E-state index is 0.256. The lowest BCUT2D eigenvalue weighted by atomic mass is 9.88. The van der Waals surface area contributed by atoms with Crippen molar-refractivity contribution >= 4 is 5.69 Å². The van der Waals surface area contributed by atoms with Crippen LogP contribution in [-0.4, -0.2) is 17.5 Å². The zero-order chi connectivity index (χ0) is 14.4. The highest BCUT2D eigenvalue weighted by Crippen LogP contribution is 2.29. The summed E-state index contributed by atoms with van der Waals surface area (Å²) >= 11 is 0. The van der Waals surface area contributed by atoms with Crippen molar-refractivity contribution in [2.45, 2.75) is 51.5 Å². The summed E-state index contributed by atoms with van der Waals surface area (Å²) in [6, 6.07) is 7.68. The van der Waals surface area contributed by atoms with Crippen LogP contribution in [0.2, 0.25) is 0 Å². The number of nitro groups is 1. The molecule has 1 aromatic carbocycles. The molecule has 4 nitrogen and oxygen atoms in total. The third kappa shape index (κ3) is 3.79. The molecule has 0 aliphatic heterocycles. The van der Waals surface area contributed by atoms with Gasteiger partial charge in [0.05, 0.1) is 4.92 Å². The van der Waals surface area contributed by atoms with E-state index < -0.39 is 0 Å². The van der Waals surface area contributed by atoms with Gasteiger partial charge in [0.2, 0.25) is 0 Å². The molecule has 110 valence electrons. The summed E-state index contributed by atoms with van der Waals surface area (Å²) in [7, 11) is 0. The van der Waals surface area contributed by atoms with Crippen LogP contribution in [0.5, 0.6) is 0 Å². The Morgan fingerprint density at radius 3 is 2.75 bits per heavy atom. The molecule has 0 amide bonds. The van der Waals surface area contributed by atoms with Crippen molar-refractivity contribution < 1.29 is 4.92 Å². The summed E-state index contributed by atoms with van der Waals surface area (Å²) in [5, 5.41) is 14.7. The van der Waals surface area contributed by atoms with Gasteiger partial charge >= 0.3 is 0 Å². The maximum absolute atomic E-state index is 11.1. The van der Waals surface area contributed by atoms with Crippen LogP contribution < -0.4 is 5.32 Å². The van der Waals surface area contributed by atoms with Crippen molar-refractivity contribution in [1.29, 1.82) is 0 Å². The Labute approximate surface area is 120 Å². The molecule has 4 heteroatoms. The smallest absolute Gasteiger partial charge is 0.272 e. The van der Waals surface area contributed by atoms with Crippen LogP contribution in [0.25, 0.3) is 0 Å². The van der Waals surface area contributed by atoms with Crippen molar-refractivity contribution in [2.24, 2.45) is 5.92 Å². The normalized spacial score (nSPS) is 23.2. The fraction of sp³-hybridized carbons (Fsp3) is 0.625. The lowest BCUT2D eigenvalue weighted by Crippen LogP contribution is -2.36. The van der Waals surface area contributed by atoms with Gasteiger partial charge in [-0.15, -0.1) is 0 Å². The van der Waals surface area contributed by atoms with Crippen LogP contribution in [0.1, 0.15) is 44.6 Å². The van der Waals surface area contributed by atoms with E-state index in [-0.39, 0.29) is 10.6 Å². The molecule has 1 fully saturated rings. The van der Waals surface area contributed by atoms with Crippen molar-refractivity contribution in [3.8, 4) is 0 Å². The molecule has 1 saturated carbocycles. The van der Waals surface area contributed by atoms with Crippen molar-refractivity contribution in [1.82, 2.24) is 5.32 Å². The van der Waals surface area contributed by atoms with Gasteiger partial charge in [-0.25, -0.2) is 0 Å².